The van der Waals surface area contributed by atoms with Gasteiger partial charge in [0, 0.05) is 12.3 Å². The lowest BCUT2D eigenvalue weighted by Gasteiger charge is -2.30. The molecule has 36 heavy (non-hydrogen) atoms. The maximum absolute atomic E-state index is 12.9. The van der Waals surface area contributed by atoms with Crippen molar-refractivity contribution in [1.29, 1.82) is 0 Å². The van der Waals surface area contributed by atoms with Crippen LogP contribution in [0.4, 0.5) is 0 Å². The molecular weight excluding hydrogens is 502 g/mol. The zero-order valence-electron chi connectivity index (χ0n) is 19.8. The first-order valence-electron chi connectivity index (χ1n) is 11.1. The maximum atomic E-state index is 12.9. The number of likely N-dealkylation sites (tertiary alicyclic amines) is 1. The average Bonchev–Trinajstić information content (AvgIpc) is 3.27. The van der Waals surface area contributed by atoms with Crippen LogP contribution >= 0.6 is 12.6 Å². The highest BCUT2D eigenvalue weighted by molar-refractivity contribution is 7.80. The zero-order chi connectivity index (χ0) is 27.7. The molecule has 0 bridgehead atoms. The third-order valence-corrected chi connectivity index (χ3v) is 5.84. The number of nitrogens with zero attached hydrogens (tertiary/aromatic N) is 1. The van der Waals surface area contributed by atoms with Crippen LogP contribution in [-0.4, -0.2) is 116 Å². The minimum atomic E-state index is -1.63. The number of amides is 4. The fourth-order valence-electron chi connectivity index (χ4n) is 3.54. The van der Waals surface area contributed by atoms with Crippen molar-refractivity contribution in [1.82, 2.24) is 20.9 Å². The number of aliphatic hydroxyl groups excluding tert-OH is 2. The lowest BCUT2D eigenvalue weighted by atomic mass is 10.1. The summed E-state index contributed by atoms with van der Waals surface area (Å²) in [5.74, 6) is -6.60. The lowest BCUT2D eigenvalue weighted by Crippen LogP contribution is -2.62. The van der Waals surface area contributed by atoms with E-state index in [9.17, 15) is 39.0 Å². The van der Waals surface area contributed by atoms with Gasteiger partial charge in [-0.15, -0.1) is 0 Å². The molecule has 0 radical (unpaired) electrons. The third kappa shape index (κ3) is 8.61. The van der Waals surface area contributed by atoms with Gasteiger partial charge >= 0.3 is 11.9 Å². The van der Waals surface area contributed by atoms with E-state index in [0.717, 1.165) is 4.90 Å². The number of nitrogens with two attached hydrogens (primary N) is 1. The Labute approximate surface area is 212 Å². The van der Waals surface area contributed by atoms with Gasteiger partial charge in [-0.25, -0.2) is 4.79 Å². The van der Waals surface area contributed by atoms with Gasteiger partial charge in [-0.1, -0.05) is 0 Å². The van der Waals surface area contributed by atoms with E-state index in [2.05, 4.69) is 28.6 Å². The summed E-state index contributed by atoms with van der Waals surface area (Å²) in [7, 11) is 0. The van der Waals surface area contributed by atoms with E-state index in [1.165, 1.54) is 13.8 Å². The van der Waals surface area contributed by atoms with Gasteiger partial charge < -0.3 is 47.0 Å². The van der Waals surface area contributed by atoms with Crippen molar-refractivity contribution in [2.45, 2.75) is 75.5 Å². The van der Waals surface area contributed by atoms with Crippen LogP contribution in [-0.2, 0) is 28.8 Å². The molecule has 9 N–H and O–H groups in total. The molecule has 1 rings (SSSR count). The van der Waals surface area contributed by atoms with Crippen molar-refractivity contribution in [3.63, 3.8) is 0 Å². The summed E-state index contributed by atoms with van der Waals surface area (Å²) in [6, 6.07) is -7.09. The molecule has 4 amide bonds. The largest absolute Gasteiger partial charge is 0.481 e. The van der Waals surface area contributed by atoms with E-state index in [-0.39, 0.29) is 18.7 Å². The van der Waals surface area contributed by atoms with E-state index in [1.807, 2.05) is 0 Å². The number of thiol groups is 1. The van der Waals surface area contributed by atoms with Crippen molar-refractivity contribution in [2.75, 3.05) is 12.3 Å². The number of hydrogen-bond acceptors (Lipinski definition) is 10. The van der Waals surface area contributed by atoms with Crippen LogP contribution in [0, 0.1) is 0 Å². The van der Waals surface area contributed by atoms with Crippen LogP contribution in [0.1, 0.15) is 33.1 Å². The second-order valence-electron chi connectivity index (χ2n) is 8.43. The first-order chi connectivity index (χ1) is 16.7. The summed E-state index contributed by atoms with van der Waals surface area (Å²) in [6.07, 6.45) is -2.98. The second kappa shape index (κ2) is 14.0. The summed E-state index contributed by atoms with van der Waals surface area (Å²) >= 11 is 3.82. The van der Waals surface area contributed by atoms with Crippen molar-refractivity contribution in [3.8, 4) is 0 Å². The number of aliphatic carboxylic acids is 2. The fourth-order valence-corrected chi connectivity index (χ4v) is 3.79. The Hall–Kier alpha value is -2.95. The summed E-state index contributed by atoms with van der Waals surface area (Å²) < 4.78 is 0. The van der Waals surface area contributed by atoms with Gasteiger partial charge in [0.15, 0.2) is 0 Å². The number of carbonyl (C=O) groups is 6. The third-order valence-electron chi connectivity index (χ3n) is 5.47. The maximum Gasteiger partial charge on any atom is 0.327 e. The van der Waals surface area contributed by atoms with Gasteiger partial charge in [0.25, 0.3) is 0 Å². The highest BCUT2D eigenvalue weighted by atomic mass is 32.1. The van der Waals surface area contributed by atoms with Crippen LogP contribution in [0.2, 0.25) is 0 Å². The number of rotatable bonds is 13. The highest BCUT2D eigenvalue weighted by Crippen LogP contribution is 2.19. The molecule has 1 aliphatic heterocycles. The summed E-state index contributed by atoms with van der Waals surface area (Å²) in [5, 5.41) is 44.6. The van der Waals surface area contributed by atoms with Gasteiger partial charge in [0.05, 0.1) is 24.7 Å². The van der Waals surface area contributed by atoms with Crippen LogP contribution < -0.4 is 21.7 Å². The van der Waals surface area contributed by atoms with Crippen LogP contribution in [0.15, 0.2) is 0 Å². The van der Waals surface area contributed by atoms with Gasteiger partial charge in [-0.2, -0.15) is 12.6 Å². The van der Waals surface area contributed by atoms with Crippen molar-refractivity contribution < 1.29 is 49.2 Å². The summed E-state index contributed by atoms with van der Waals surface area (Å²) in [5.41, 5.74) is 5.62. The molecule has 0 aromatic heterocycles. The molecule has 204 valence electrons. The van der Waals surface area contributed by atoms with Gasteiger partial charge in [0.1, 0.15) is 24.2 Å². The molecule has 0 spiro atoms. The first-order valence-corrected chi connectivity index (χ1v) is 11.7. The van der Waals surface area contributed by atoms with E-state index < -0.39 is 84.4 Å². The summed E-state index contributed by atoms with van der Waals surface area (Å²) in [4.78, 5) is 73.7. The number of hydrogen-bond donors (Lipinski definition) is 9. The quantitative estimate of drug-likeness (QED) is 0.103. The van der Waals surface area contributed by atoms with Gasteiger partial charge in [-0.3, -0.25) is 24.0 Å². The standard InChI is InChI=1S/C20H33N5O10S/c1-8(26)14(17(31)22-11(7-36)20(34)35)24-18(32)15(9(2)27)23-16(30)12-4-3-5-25(12)19(33)10(21)6-13(28)29/h8-12,14-15,26-27,36H,3-7,21H2,1-2H3,(H,22,31)(H,23,30)(H,24,32)(H,28,29)(H,34,35)/t8-,9-,10+,11+,12+,14+,15+/m1/s1. The second-order valence-corrected chi connectivity index (χ2v) is 8.79. The average molecular weight is 536 g/mol. The molecule has 0 aromatic rings. The predicted octanol–water partition coefficient (Wildman–Crippen LogP) is -3.99. The SMILES string of the molecule is C[C@@H](O)[C@H](NC(=O)[C@@H](NC(=O)[C@@H]1CCCN1C(=O)[C@@H](N)CC(=O)O)[C@@H](C)O)C(=O)N[C@@H](CS)C(=O)O. The number of aliphatic hydroxyl groups is 2. The van der Waals surface area contributed by atoms with Crippen LogP contribution in [0.5, 0.6) is 0 Å². The van der Waals surface area contributed by atoms with E-state index >= 15 is 0 Å². The minimum Gasteiger partial charge on any atom is -0.481 e. The Morgan fingerprint density at radius 2 is 1.50 bits per heavy atom. The van der Waals surface area contributed by atoms with Gasteiger partial charge in [-0.05, 0) is 26.7 Å². The molecule has 0 saturated carbocycles. The smallest absolute Gasteiger partial charge is 0.327 e. The molecule has 1 aliphatic rings. The van der Waals surface area contributed by atoms with Crippen molar-refractivity contribution in [2.24, 2.45) is 5.73 Å². The molecule has 1 saturated heterocycles. The molecule has 16 heteroatoms. The van der Waals surface area contributed by atoms with Crippen molar-refractivity contribution in [3.05, 3.63) is 0 Å². The Balaban J connectivity index is 2.96. The Kier molecular flexibility index (Phi) is 12.1. The van der Waals surface area contributed by atoms with Crippen molar-refractivity contribution >= 4 is 48.2 Å². The molecule has 0 aromatic carbocycles. The number of carbonyl (C=O) groups excluding carboxylic acids is 4. The molecule has 0 unspecified atom stereocenters. The van der Waals surface area contributed by atoms with E-state index in [1.54, 1.807) is 0 Å². The number of carboxylic acid groups (broad SMARTS) is 2. The molecular formula is C20H33N5O10S. The number of nitrogens with one attached hydrogen (secondary N) is 3. The Morgan fingerprint density at radius 3 is 1.97 bits per heavy atom. The van der Waals surface area contributed by atoms with Gasteiger partial charge in [0.2, 0.25) is 23.6 Å². The molecule has 0 aliphatic carbocycles. The van der Waals surface area contributed by atoms with Crippen LogP contribution in [0.25, 0.3) is 0 Å². The normalized spacial score (nSPS) is 20.3. The first kappa shape index (κ1) is 31.1. The molecule has 1 heterocycles. The Bertz CT molecular complexity index is 855. The highest BCUT2D eigenvalue weighted by Gasteiger charge is 2.39. The molecule has 7 atom stereocenters. The Morgan fingerprint density at radius 1 is 0.972 bits per heavy atom. The molecule has 1 fully saturated rings. The summed E-state index contributed by atoms with van der Waals surface area (Å²) in [6.45, 7) is 2.49. The fraction of sp³-hybridized carbons (Fsp3) is 0.700. The molecule has 15 nitrogen and oxygen atoms in total. The zero-order valence-corrected chi connectivity index (χ0v) is 20.7. The topological polar surface area (TPSA) is 249 Å². The van der Waals surface area contributed by atoms with E-state index in [4.69, 9.17) is 15.9 Å². The van der Waals surface area contributed by atoms with Crippen LogP contribution in [0.3, 0.4) is 0 Å². The minimum absolute atomic E-state index is 0.135. The monoisotopic (exact) mass is 535 g/mol. The lowest BCUT2D eigenvalue weighted by molar-refractivity contribution is -0.145. The predicted molar refractivity (Wildman–Crippen MR) is 126 cm³/mol. The van der Waals surface area contributed by atoms with E-state index in [0.29, 0.717) is 6.42 Å². The number of carboxylic acids is 2.